The molecule has 0 aromatic heterocycles. The molecular weight excluding hydrogens is 110 g/mol. The molecule has 0 unspecified atom stereocenters. The highest BCUT2D eigenvalue weighted by molar-refractivity contribution is 5.95. The maximum Gasteiger partial charge on any atom is 0.411 e. The molecule has 45 valence electrons. The number of hydrogen-bond donors (Lipinski definition) is 2. The van der Waals surface area contributed by atoms with Crippen molar-refractivity contribution in [2.45, 2.75) is 6.92 Å². The molecule has 0 aliphatic rings. The van der Waals surface area contributed by atoms with Crippen molar-refractivity contribution in [3.05, 3.63) is 6.42 Å². The molecule has 0 aliphatic heterocycles. The lowest BCUT2D eigenvalue weighted by molar-refractivity contribution is -0.117. The summed E-state index contributed by atoms with van der Waals surface area (Å²) in [6.45, 7) is 1.46. The summed E-state index contributed by atoms with van der Waals surface area (Å²) < 4.78 is 0. The van der Waals surface area contributed by atoms with E-state index < -0.39 is 12.0 Å². The van der Waals surface area contributed by atoms with Gasteiger partial charge in [-0.3, -0.25) is 10.1 Å². The molecule has 0 fully saturated rings. The Bertz CT molecular complexity index is 110. The summed E-state index contributed by atoms with van der Waals surface area (Å²) in [5.74, 6) is -0.600. The van der Waals surface area contributed by atoms with Crippen LogP contribution in [0.2, 0.25) is 0 Å². The quantitative estimate of drug-likeness (QED) is 0.507. The molecule has 0 spiro atoms. The summed E-state index contributed by atoms with van der Waals surface area (Å²) in [5.41, 5.74) is 0. The van der Waals surface area contributed by atoms with Gasteiger partial charge in [0.25, 0.3) is 0 Å². The van der Waals surface area contributed by atoms with Crippen LogP contribution in [0.5, 0.6) is 0 Å². The zero-order chi connectivity index (χ0) is 6.57. The largest absolute Gasteiger partial charge is 0.465 e. The molecule has 0 aliphatic carbocycles. The molecule has 8 heavy (non-hydrogen) atoms. The van der Waals surface area contributed by atoms with Crippen molar-refractivity contribution >= 4 is 12.0 Å². The summed E-state index contributed by atoms with van der Waals surface area (Å²) in [6, 6.07) is 0. The van der Waals surface area contributed by atoms with Gasteiger partial charge in [0.05, 0.1) is 0 Å². The second kappa shape index (κ2) is 3.01. The van der Waals surface area contributed by atoms with Crippen LogP contribution in [0.4, 0.5) is 4.79 Å². The fourth-order valence-corrected chi connectivity index (χ4v) is 0.178. The van der Waals surface area contributed by atoms with E-state index in [-0.39, 0.29) is 0 Å². The van der Waals surface area contributed by atoms with E-state index in [4.69, 9.17) is 5.11 Å². The minimum atomic E-state index is -1.33. The fraction of sp³-hybridized carbons (Fsp3) is 0.250. The highest BCUT2D eigenvalue weighted by Gasteiger charge is 1.99. The van der Waals surface area contributed by atoms with E-state index >= 15 is 0 Å². The van der Waals surface area contributed by atoms with E-state index in [9.17, 15) is 9.59 Å². The summed E-state index contributed by atoms with van der Waals surface area (Å²) >= 11 is 0. The summed E-state index contributed by atoms with van der Waals surface area (Å²) in [6.07, 6.45) is -0.193. The van der Waals surface area contributed by atoms with Crippen LogP contribution >= 0.6 is 0 Å². The highest BCUT2D eigenvalue weighted by Crippen LogP contribution is 1.70. The van der Waals surface area contributed by atoms with Crippen LogP contribution in [-0.2, 0) is 4.79 Å². The van der Waals surface area contributed by atoms with E-state index in [1.165, 1.54) is 6.92 Å². The second-order valence-electron chi connectivity index (χ2n) is 1.08. The van der Waals surface area contributed by atoms with Gasteiger partial charge in [0, 0.05) is 6.42 Å². The molecule has 4 nitrogen and oxygen atoms in total. The first-order chi connectivity index (χ1) is 3.66. The van der Waals surface area contributed by atoms with E-state index in [0.717, 1.165) is 6.42 Å². The Hall–Kier alpha value is -1.06. The van der Waals surface area contributed by atoms with Gasteiger partial charge in [0.1, 0.15) is 0 Å². The Morgan fingerprint density at radius 2 is 2.12 bits per heavy atom. The molecule has 0 heterocycles. The fourth-order valence-electron chi connectivity index (χ4n) is 0.178. The zero-order valence-corrected chi connectivity index (χ0v) is 4.34. The van der Waals surface area contributed by atoms with E-state index in [1.54, 1.807) is 5.32 Å². The lowest BCUT2D eigenvalue weighted by Crippen LogP contribution is -2.27. The molecule has 2 amide bonds. The Morgan fingerprint density at radius 1 is 1.62 bits per heavy atom. The van der Waals surface area contributed by atoms with Gasteiger partial charge in [-0.25, -0.2) is 4.79 Å². The monoisotopic (exact) mass is 116 g/mol. The van der Waals surface area contributed by atoms with Crippen molar-refractivity contribution < 1.29 is 14.7 Å². The molecule has 0 aromatic carbocycles. The Balaban J connectivity index is 3.40. The number of amides is 2. The number of carboxylic acid groups (broad SMARTS) is 1. The maximum absolute atomic E-state index is 10.1. The Labute approximate surface area is 46.5 Å². The lowest BCUT2D eigenvalue weighted by atomic mass is 10.5. The summed E-state index contributed by atoms with van der Waals surface area (Å²) in [7, 11) is 0. The van der Waals surface area contributed by atoms with Gasteiger partial charge in [-0.05, 0) is 0 Å². The van der Waals surface area contributed by atoms with Gasteiger partial charge in [-0.1, -0.05) is 6.92 Å². The SMILES string of the molecule is C[CH]C(=O)NC(=O)O. The normalized spacial score (nSPS) is 8.12. The predicted molar refractivity (Wildman–Crippen MR) is 26.1 cm³/mol. The van der Waals surface area contributed by atoms with Gasteiger partial charge in [0.15, 0.2) is 0 Å². The molecule has 1 radical (unpaired) electrons. The van der Waals surface area contributed by atoms with Gasteiger partial charge in [-0.15, -0.1) is 0 Å². The Kier molecular flexibility index (Phi) is 2.61. The van der Waals surface area contributed by atoms with E-state index in [1.807, 2.05) is 0 Å². The maximum atomic E-state index is 10.1. The minimum Gasteiger partial charge on any atom is -0.465 e. The van der Waals surface area contributed by atoms with Gasteiger partial charge in [0.2, 0.25) is 5.91 Å². The van der Waals surface area contributed by atoms with Crippen LogP contribution in [0, 0.1) is 6.42 Å². The second-order valence-corrected chi connectivity index (χ2v) is 1.08. The van der Waals surface area contributed by atoms with Crippen molar-refractivity contribution in [2.75, 3.05) is 0 Å². The molecular formula is C4H6NO3. The van der Waals surface area contributed by atoms with Crippen LogP contribution in [0.15, 0.2) is 0 Å². The van der Waals surface area contributed by atoms with Crippen LogP contribution in [0.25, 0.3) is 0 Å². The first-order valence-corrected chi connectivity index (χ1v) is 2.00. The van der Waals surface area contributed by atoms with Gasteiger partial charge in [-0.2, -0.15) is 0 Å². The molecule has 0 atom stereocenters. The molecule has 4 heteroatoms. The third-order valence-corrected chi connectivity index (χ3v) is 0.492. The van der Waals surface area contributed by atoms with E-state index in [0.29, 0.717) is 0 Å². The van der Waals surface area contributed by atoms with Gasteiger partial charge >= 0.3 is 6.09 Å². The lowest BCUT2D eigenvalue weighted by Gasteiger charge is -1.90. The van der Waals surface area contributed by atoms with Crippen LogP contribution < -0.4 is 5.32 Å². The third kappa shape index (κ3) is 3.14. The van der Waals surface area contributed by atoms with Crippen LogP contribution in [0.3, 0.4) is 0 Å². The average molecular weight is 116 g/mol. The number of hydrogen-bond acceptors (Lipinski definition) is 2. The molecule has 0 saturated carbocycles. The first-order valence-electron chi connectivity index (χ1n) is 2.00. The van der Waals surface area contributed by atoms with Crippen molar-refractivity contribution in [1.82, 2.24) is 5.32 Å². The highest BCUT2D eigenvalue weighted by atomic mass is 16.4. The zero-order valence-electron chi connectivity index (χ0n) is 4.34. The smallest absolute Gasteiger partial charge is 0.411 e. The summed E-state index contributed by atoms with van der Waals surface area (Å²) in [5, 5.41) is 9.48. The number of rotatable bonds is 1. The Morgan fingerprint density at radius 3 is 2.25 bits per heavy atom. The van der Waals surface area contributed by atoms with Crippen molar-refractivity contribution in [2.24, 2.45) is 0 Å². The average Bonchev–Trinajstić information content (AvgIpc) is 1.65. The van der Waals surface area contributed by atoms with Crippen molar-refractivity contribution in [1.29, 1.82) is 0 Å². The molecule has 0 bridgehead atoms. The van der Waals surface area contributed by atoms with Gasteiger partial charge < -0.3 is 5.11 Å². The standard InChI is InChI=1S/C4H6NO3/c1-2-3(6)5-4(7)8/h2H,1H3,(H,5,6)(H,7,8). The third-order valence-electron chi connectivity index (χ3n) is 0.492. The first kappa shape index (κ1) is 6.94. The van der Waals surface area contributed by atoms with E-state index in [2.05, 4.69) is 0 Å². The number of imide groups is 1. The number of carbonyl (C=O) groups excluding carboxylic acids is 1. The predicted octanol–water partition coefficient (Wildman–Crippen LogP) is 0.00479. The summed E-state index contributed by atoms with van der Waals surface area (Å²) in [4.78, 5) is 19.7. The van der Waals surface area contributed by atoms with Crippen LogP contribution in [-0.4, -0.2) is 17.1 Å². The molecule has 0 aromatic rings. The topological polar surface area (TPSA) is 66.4 Å². The van der Waals surface area contributed by atoms with Crippen molar-refractivity contribution in [3.63, 3.8) is 0 Å². The van der Waals surface area contributed by atoms with Crippen LogP contribution in [0.1, 0.15) is 6.92 Å². The molecule has 0 rings (SSSR count). The van der Waals surface area contributed by atoms with Crippen molar-refractivity contribution in [3.8, 4) is 0 Å². The number of carbonyl (C=O) groups is 2. The number of nitrogens with one attached hydrogen (secondary N) is 1. The molecule has 0 saturated heterocycles. The minimum absolute atomic E-state index is 0.600. The molecule has 2 N–H and O–H groups in total.